The van der Waals surface area contributed by atoms with Crippen molar-refractivity contribution in [2.24, 2.45) is 5.92 Å². The van der Waals surface area contributed by atoms with Crippen LogP contribution in [-0.2, 0) is 20.9 Å². The number of rotatable bonds is 9. The highest BCUT2D eigenvalue weighted by atomic mass is 32.1. The van der Waals surface area contributed by atoms with Crippen LogP contribution in [0.3, 0.4) is 0 Å². The molecule has 0 radical (unpaired) electrons. The molecule has 4 rings (SSSR count). The number of thiazole rings is 1. The molecule has 31 heavy (non-hydrogen) atoms. The molecule has 2 aromatic rings. The molecule has 9 heteroatoms. The number of piperidine rings is 1. The highest BCUT2D eigenvalue weighted by Gasteiger charge is 2.28. The standard InChI is InChI=1S/C22H29N5O3S/c1-2-30-13-21(28)27-9-3-4-16(12-27)22(29)24-11-20-26-18(14-31-20)15-5-8-19(23-10-15)25-17-6-7-17/h5,8,10,14,16-17H,2-4,6-7,9,11-13H2,1H3,(H,23,25)(H,24,29). The minimum Gasteiger partial charge on any atom is -0.372 e. The smallest absolute Gasteiger partial charge is 0.248 e. The number of anilines is 1. The average molecular weight is 444 g/mol. The molecule has 8 nitrogen and oxygen atoms in total. The van der Waals surface area contributed by atoms with E-state index in [0.717, 1.165) is 34.9 Å². The van der Waals surface area contributed by atoms with Crippen LogP contribution in [-0.4, -0.2) is 59.0 Å². The van der Waals surface area contributed by atoms with Crippen LogP contribution in [0.4, 0.5) is 5.82 Å². The van der Waals surface area contributed by atoms with E-state index in [4.69, 9.17) is 4.74 Å². The molecule has 2 aromatic heterocycles. The van der Waals surface area contributed by atoms with Crippen molar-refractivity contribution in [3.8, 4) is 11.3 Å². The Morgan fingerprint density at radius 1 is 1.29 bits per heavy atom. The van der Waals surface area contributed by atoms with Crippen LogP contribution in [0, 0.1) is 5.92 Å². The Bertz CT molecular complexity index is 897. The van der Waals surface area contributed by atoms with E-state index in [9.17, 15) is 9.59 Å². The third-order valence-corrected chi connectivity index (χ3v) is 6.38. The van der Waals surface area contributed by atoms with Gasteiger partial charge in [-0.1, -0.05) is 0 Å². The number of ether oxygens (including phenoxy) is 1. The van der Waals surface area contributed by atoms with E-state index in [2.05, 4.69) is 20.6 Å². The Hall–Kier alpha value is -2.52. The molecule has 1 aliphatic carbocycles. The third kappa shape index (κ3) is 6.01. The molecule has 2 aliphatic rings. The highest BCUT2D eigenvalue weighted by molar-refractivity contribution is 7.09. The zero-order valence-electron chi connectivity index (χ0n) is 17.8. The topological polar surface area (TPSA) is 96.5 Å². The molecular weight excluding hydrogens is 414 g/mol. The van der Waals surface area contributed by atoms with Crippen LogP contribution in [0.2, 0.25) is 0 Å². The van der Waals surface area contributed by atoms with Crippen LogP contribution in [0.15, 0.2) is 23.7 Å². The number of nitrogens with zero attached hydrogens (tertiary/aromatic N) is 3. The van der Waals surface area contributed by atoms with Crippen LogP contribution in [0.25, 0.3) is 11.3 Å². The van der Waals surface area contributed by atoms with Crippen LogP contribution < -0.4 is 10.6 Å². The van der Waals surface area contributed by atoms with Crippen molar-refractivity contribution in [2.45, 2.75) is 45.2 Å². The normalized spacial score (nSPS) is 18.6. The number of carbonyl (C=O) groups excluding carboxylic acids is 2. The van der Waals surface area contributed by atoms with E-state index in [-0.39, 0.29) is 24.3 Å². The van der Waals surface area contributed by atoms with Gasteiger partial charge in [-0.25, -0.2) is 9.97 Å². The summed E-state index contributed by atoms with van der Waals surface area (Å²) in [6.45, 7) is 3.99. The van der Waals surface area contributed by atoms with Crippen molar-refractivity contribution in [3.63, 3.8) is 0 Å². The Kier molecular flexibility index (Phi) is 7.14. The maximum Gasteiger partial charge on any atom is 0.248 e. The Morgan fingerprint density at radius 3 is 2.90 bits per heavy atom. The van der Waals surface area contributed by atoms with E-state index in [0.29, 0.717) is 32.3 Å². The SMILES string of the molecule is CCOCC(=O)N1CCCC(C(=O)NCc2nc(-c3ccc(NC4CC4)nc3)cs2)C1. The number of hydrogen-bond acceptors (Lipinski definition) is 7. The second-order valence-electron chi connectivity index (χ2n) is 8.01. The highest BCUT2D eigenvalue weighted by Crippen LogP contribution is 2.26. The summed E-state index contributed by atoms with van der Waals surface area (Å²) in [5.41, 5.74) is 1.83. The predicted octanol–water partition coefficient (Wildman–Crippen LogP) is 2.67. The third-order valence-electron chi connectivity index (χ3n) is 5.53. The molecule has 166 valence electrons. The largest absolute Gasteiger partial charge is 0.372 e. The van der Waals surface area contributed by atoms with Gasteiger partial charge in [-0.05, 0) is 44.7 Å². The minimum atomic E-state index is -0.186. The molecule has 0 spiro atoms. The van der Waals surface area contributed by atoms with Crippen molar-refractivity contribution < 1.29 is 14.3 Å². The van der Waals surface area contributed by atoms with Gasteiger partial charge in [-0.15, -0.1) is 11.3 Å². The van der Waals surface area contributed by atoms with E-state index < -0.39 is 0 Å². The summed E-state index contributed by atoms with van der Waals surface area (Å²) < 4.78 is 5.21. The number of pyridine rings is 1. The molecule has 2 amide bonds. The zero-order chi connectivity index (χ0) is 21.6. The lowest BCUT2D eigenvalue weighted by Crippen LogP contribution is -2.46. The number of amides is 2. The van der Waals surface area contributed by atoms with Crippen molar-refractivity contribution in [2.75, 3.05) is 31.6 Å². The Labute approximate surface area is 186 Å². The lowest BCUT2D eigenvalue weighted by molar-refractivity contribution is -0.139. The van der Waals surface area contributed by atoms with Crippen LogP contribution in [0.1, 0.15) is 37.6 Å². The molecule has 1 saturated heterocycles. The molecule has 0 bridgehead atoms. The maximum absolute atomic E-state index is 12.6. The van der Waals surface area contributed by atoms with Gasteiger partial charge in [-0.3, -0.25) is 9.59 Å². The summed E-state index contributed by atoms with van der Waals surface area (Å²) >= 11 is 1.52. The van der Waals surface area contributed by atoms with Crippen molar-refractivity contribution in [1.82, 2.24) is 20.2 Å². The van der Waals surface area contributed by atoms with Crippen LogP contribution in [0.5, 0.6) is 0 Å². The second-order valence-corrected chi connectivity index (χ2v) is 8.95. The molecule has 3 heterocycles. The van der Waals surface area contributed by atoms with Gasteiger partial charge in [-0.2, -0.15) is 0 Å². The molecule has 2 fully saturated rings. The summed E-state index contributed by atoms with van der Waals surface area (Å²) in [5.74, 6) is 0.642. The molecule has 2 N–H and O–H groups in total. The van der Waals surface area contributed by atoms with Gasteiger partial charge in [0.1, 0.15) is 17.4 Å². The van der Waals surface area contributed by atoms with Crippen LogP contribution >= 0.6 is 11.3 Å². The molecule has 1 aliphatic heterocycles. The summed E-state index contributed by atoms with van der Waals surface area (Å²) in [4.78, 5) is 35.6. The first-order valence-corrected chi connectivity index (χ1v) is 11.8. The fraction of sp³-hybridized carbons (Fsp3) is 0.545. The molecule has 1 atom stereocenters. The van der Waals surface area contributed by atoms with Gasteiger partial charge >= 0.3 is 0 Å². The monoisotopic (exact) mass is 443 g/mol. The van der Waals surface area contributed by atoms with Gasteiger partial charge in [0.2, 0.25) is 11.8 Å². The average Bonchev–Trinajstić information content (AvgIpc) is 3.49. The zero-order valence-corrected chi connectivity index (χ0v) is 18.6. The number of nitrogens with one attached hydrogen (secondary N) is 2. The summed E-state index contributed by atoms with van der Waals surface area (Å²) in [7, 11) is 0. The van der Waals surface area contributed by atoms with Gasteiger partial charge < -0.3 is 20.3 Å². The summed E-state index contributed by atoms with van der Waals surface area (Å²) in [6, 6.07) is 4.58. The van der Waals surface area contributed by atoms with Gasteiger partial charge in [0.05, 0.1) is 18.2 Å². The van der Waals surface area contributed by atoms with Crippen molar-refractivity contribution in [3.05, 3.63) is 28.7 Å². The van der Waals surface area contributed by atoms with E-state index in [1.807, 2.05) is 30.6 Å². The van der Waals surface area contributed by atoms with Crippen molar-refractivity contribution >= 4 is 29.0 Å². The first-order chi connectivity index (χ1) is 15.1. The quantitative estimate of drug-likeness (QED) is 0.619. The first kappa shape index (κ1) is 21.7. The maximum atomic E-state index is 12.6. The van der Waals surface area contributed by atoms with Gasteiger partial charge in [0.15, 0.2) is 0 Å². The lowest BCUT2D eigenvalue weighted by Gasteiger charge is -2.32. The fourth-order valence-electron chi connectivity index (χ4n) is 3.60. The van der Waals surface area contributed by atoms with E-state index in [1.165, 1.54) is 24.2 Å². The van der Waals surface area contributed by atoms with Gasteiger partial charge in [0.25, 0.3) is 0 Å². The number of likely N-dealkylation sites (tertiary alicyclic amines) is 1. The summed E-state index contributed by atoms with van der Waals surface area (Å²) in [5, 5.41) is 9.20. The molecule has 0 aromatic carbocycles. The number of carbonyl (C=O) groups is 2. The fourth-order valence-corrected chi connectivity index (χ4v) is 4.34. The van der Waals surface area contributed by atoms with Crippen molar-refractivity contribution in [1.29, 1.82) is 0 Å². The number of aromatic nitrogens is 2. The molecular formula is C22H29N5O3S. The number of hydrogen-bond donors (Lipinski definition) is 2. The van der Waals surface area contributed by atoms with Gasteiger partial charge in [0, 0.05) is 42.9 Å². The lowest BCUT2D eigenvalue weighted by atomic mass is 9.97. The summed E-state index contributed by atoms with van der Waals surface area (Å²) in [6.07, 6.45) is 5.88. The first-order valence-electron chi connectivity index (χ1n) is 10.9. The minimum absolute atomic E-state index is 0.0252. The Balaban J connectivity index is 1.26. The second kappa shape index (κ2) is 10.2. The predicted molar refractivity (Wildman–Crippen MR) is 120 cm³/mol. The van der Waals surface area contributed by atoms with E-state index >= 15 is 0 Å². The molecule has 1 unspecified atom stereocenters. The van der Waals surface area contributed by atoms with E-state index in [1.54, 1.807) is 4.90 Å². The molecule has 1 saturated carbocycles. The Morgan fingerprint density at radius 2 is 2.16 bits per heavy atom.